The molecule has 30 heavy (non-hydrogen) atoms. The molecule has 7 nitrogen and oxygen atoms in total. The van der Waals surface area contributed by atoms with Crippen molar-refractivity contribution in [3.8, 4) is 11.4 Å². The number of aryl methyl sites for hydroxylation is 1. The number of amides is 1. The van der Waals surface area contributed by atoms with Gasteiger partial charge in [0.25, 0.3) is 0 Å². The lowest BCUT2D eigenvalue weighted by Gasteiger charge is -2.29. The van der Waals surface area contributed by atoms with Crippen molar-refractivity contribution in [1.29, 1.82) is 0 Å². The van der Waals surface area contributed by atoms with E-state index in [1.54, 1.807) is 11.3 Å². The largest absolute Gasteiger partial charge is 0.393 e. The molecule has 3 aromatic rings. The first kappa shape index (κ1) is 20.7. The number of thiophene rings is 1. The lowest BCUT2D eigenvalue weighted by molar-refractivity contribution is -0.121. The van der Waals surface area contributed by atoms with Crippen LogP contribution in [0.15, 0.2) is 45.6 Å². The van der Waals surface area contributed by atoms with E-state index < -0.39 is 0 Å². The second-order valence-corrected chi connectivity index (χ2v) is 8.40. The van der Waals surface area contributed by atoms with Crippen LogP contribution in [0.3, 0.4) is 0 Å². The Labute approximate surface area is 179 Å². The molecule has 4 rings (SSSR count). The minimum atomic E-state index is -0.143. The number of aliphatic hydroxyl groups is 1. The molecule has 1 fully saturated rings. The third-order valence-corrected chi connectivity index (χ3v) is 5.97. The highest BCUT2D eigenvalue weighted by atomic mass is 32.1. The van der Waals surface area contributed by atoms with Crippen molar-refractivity contribution >= 4 is 17.2 Å². The van der Waals surface area contributed by atoms with Crippen LogP contribution in [0.5, 0.6) is 0 Å². The predicted octanol–water partition coefficient (Wildman–Crippen LogP) is 3.00. The quantitative estimate of drug-likeness (QED) is 0.575. The van der Waals surface area contributed by atoms with Crippen molar-refractivity contribution in [2.45, 2.75) is 44.9 Å². The van der Waals surface area contributed by atoms with Crippen LogP contribution in [0.1, 0.15) is 36.3 Å². The lowest BCUT2D eigenvalue weighted by Crippen LogP contribution is -2.35. The molecule has 1 saturated heterocycles. The van der Waals surface area contributed by atoms with E-state index in [9.17, 15) is 9.90 Å². The number of likely N-dealkylation sites (tertiary alicyclic amines) is 1. The Morgan fingerprint density at radius 3 is 2.70 bits per heavy atom. The van der Waals surface area contributed by atoms with E-state index in [0.29, 0.717) is 31.1 Å². The number of rotatable bonds is 8. The Morgan fingerprint density at radius 2 is 1.97 bits per heavy atom. The summed E-state index contributed by atoms with van der Waals surface area (Å²) in [7, 11) is 0. The molecule has 1 aliphatic heterocycles. The number of hydrogen-bond acceptors (Lipinski definition) is 7. The third-order valence-electron chi connectivity index (χ3n) is 5.29. The van der Waals surface area contributed by atoms with E-state index in [-0.39, 0.29) is 12.0 Å². The molecule has 1 aromatic carbocycles. The Balaban J connectivity index is 1.18. The van der Waals surface area contributed by atoms with E-state index in [0.717, 1.165) is 43.6 Å². The highest BCUT2D eigenvalue weighted by molar-refractivity contribution is 7.08. The van der Waals surface area contributed by atoms with Crippen LogP contribution in [-0.4, -0.2) is 45.2 Å². The molecule has 2 N–H and O–H groups in total. The van der Waals surface area contributed by atoms with Crippen LogP contribution in [0.4, 0.5) is 0 Å². The van der Waals surface area contributed by atoms with Crippen molar-refractivity contribution in [3.05, 3.63) is 58.1 Å². The number of hydrogen-bond donors (Lipinski definition) is 2. The fourth-order valence-electron chi connectivity index (χ4n) is 3.47. The van der Waals surface area contributed by atoms with E-state index in [1.165, 1.54) is 5.56 Å². The molecule has 2 aromatic heterocycles. The molecule has 1 amide bonds. The molecule has 0 unspecified atom stereocenters. The zero-order chi connectivity index (χ0) is 20.8. The number of piperidine rings is 1. The maximum Gasteiger partial charge on any atom is 0.227 e. The van der Waals surface area contributed by atoms with Crippen molar-refractivity contribution in [2.75, 3.05) is 13.1 Å². The molecule has 3 heterocycles. The Bertz CT molecular complexity index is 932. The maximum absolute atomic E-state index is 12.2. The molecule has 158 valence electrons. The molecule has 0 saturated carbocycles. The van der Waals surface area contributed by atoms with Gasteiger partial charge in [-0.1, -0.05) is 29.4 Å². The Hall–Kier alpha value is -2.55. The van der Waals surface area contributed by atoms with Gasteiger partial charge in [0.1, 0.15) is 0 Å². The SMILES string of the molecule is O=C(CCc1nc(-c2ccsc2)no1)NCc1ccc(CN2CCC(O)CC2)cc1. The second-order valence-electron chi connectivity index (χ2n) is 7.62. The zero-order valence-corrected chi connectivity index (χ0v) is 17.6. The minimum absolute atomic E-state index is 0.0405. The smallest absolute Gasteiger partial charge is 0.227 e. The summed E-state index contributed by atoms with van der Waals surface area (Å²) in [4.78, 5) is 18.9. The summed E-state index contributed by atoms with van der Waals surface area (Å²) in [5.74, 6) is 0.995. The highest BCUT2D eigenvalue weighted by Gasteiger charge is 2.16. The molecular formula is C22H26N4O3S. The Kier molecular flexibility index (Phi) is 6.88. The summed E-state index contributed by atoms with van der Waals surface area (Å²) in [5, 5.41) is 20.4. The predicted molar refractivity (Wildman–Crippen MR) is 115 cm³/mol. The van der Waals surface area contributed by atoms with Gasteiger partial charge in [0.15, 0.2) is 0 Å². The first-order valence-electron chi connectivity index (χ1n) is 10.3. The van der Waals surface area contributed by atoms with Gasteiger partial charge >= 0.3 is 0 Å². The number of nitrogens with zero attached hydrogens (tertiary/aromatic N) is 3. The van der Waals surface area contributed by atoms with Crippen LogP contribution in [-0.2, 0) is 24.3 Å². The van der Waals surface area contributed by atoms with Gasteiger partial charge in [0, 0.05) is 50.0 Å². The number of aliphatic hydroxyl groups excluding tert-OH is 1. The normalized spacial score (nSPS) is 15.4. The molecule has 0 aliphatic carbocycles. The van der Waals surface area contributed by atoms with Crippen molar-refractivity contribution in [1.82, 2.24) is 20.4 Å². The average molecular weight is 427 g/mol. The first-order chi connectivity index (χ1) is 14.7. The van der Waals surface area contributed by atoms with Gasteiger partial charge < -0.3 is 14.9 Å². The van der Waals surface area contributed by atoms with Crippen LogP contribution in [0.2, 0.25) is 0 Å². The standard InChI is InChI=1S/C22H26N4O3S/c27-19-7-10-26(11-8-19)14-17-3-1-16(2-4-17)13-23-20(28)5-6-21-24-22(25-29-21)18-9-12-30-15-18/h1-4,9,12,15,19,27H,5-8,10-11,13-14H2,(H,23,28). The molecule has 1 aliphatic rings. The fourth-order valence-corrected chi connectivity index (χ4v) is 4.11. The monoisotopic (exact) mass is 426 g/mol. The molecule has 0 atom stereocenters. The van der Waals surface area contributed by atoms with E-state index >= 15 is 0 Å². The Morgan fingerprint density at radius 1 is 1.20 bits per heavy atom. The van der Waals surface area contributed by atoms with Gasteiger partial charge in [-0.15, -0.1) is 0 Å². The third kappa shape index (κ3) is 5.75. The van der Waals surface area contributed by atoms with Crippen molar-refractivity contribution in [2.24, 2.45) is 0 Å². The van der Waals surface area contributed by atoms with Crippen molar-refractivity contribution in [3.63, 3.8) is 0 Å². The molecule has 0 radical (unpaired) electrons. The van der Waals surface area contributed by atoms with E-state index in [2.05, 4.69) is 44.6 Å². The summed E-state index contributed by atoms with van der Waals surface area (Å²) in [6.45, 7) is 3.28. The van der Waals surface area contributed by atoms with Crippen LogP contribution >= 0.6 is 11.3 Å². The zero-order valence-electron chi connectivity index (χ0n) is 16.8. The van der Waals surface area contributed by atoms with Gasteiger partial charge in [-0.3, -0.25) is 9.69 Å². The number of aromatic nitrogens is 2. The maximum atomic E-state index is 12.2. The highest BCUT2D eigenvalue weighted by Crippen LogP contribution is 2.19. The topological polar surface area (TPSA) is 91.5 Å². The summed E-state index contributed by atoms with van der Waals surface area (Å²) < 4.78 is 5.23. The number of benzene rings is 1. The first-order valence-corrected chi connectivity index (χ1v) is 11.2. The number of carbonyl (C=O) groups is 1. The van der Waals surface area contributed by atoms with Crippen LogP contribution < -0.4 is 5.32 Å². The van der Waals surface area contributed by atoms with Gasteiger partial charge in [0.05, 0.1) is 6.10 Å². The number of nitrogens with one attached hydrogen (secondary N) is 1. The number of carbonyl (C=O) groups excluding carboxylic acids is 1. The lowest BCUT2D eigenvalue weighted by atomic mass is 10.1. The summed E-state index contributed by atoms with van der Waals surface area (Å²) in [6, 6.07) is 10.3. The van der Waals surface area contributed by atoms with Gasteiger partial charge in [-0.25, -0.2) is 0 Å². The second kappa shape index (κ2) is 9.97. The van der Waals surface area contributed by atoms with Gasteiger partial charge in [-0.05, 0) is 35.4 Å². The molecular weight excluding hydrogens is 400 g/mol. The average Bonchev–Trinajstić information content (AvgIpc) is 3.45. The molecule has 8 heteroatoms. The fraction of sp³-hybridized carbons (Fsp3) is 0.409. The van der Waals surface area contributed by atoms with E-state index in [1.807, 2.05) is 16.8 Å². The molecule has 0 spiro atoms. The summed E-state index contributed by atoms with van der Waals surface area (Å²) in [6.07, 6.45) is 2.29. The van der Waals surface area contributed by atoms with E-state index in [4.69, 9.17) is 4.52 Å². The van der Waals surface area contributed by atoms with Gasteiger partial charge in [-0.2, -0.15) is 16.3 Å². The minimum Gasteiger partial charge on any atom is -0.393 e. The summed E-state index contributed by atoms with van der Waals surface area (Å²) >= 11 is 1.58. The van der Waals surface area contributed by atoms with Gasteiger partial charge in [0.2, 0.25) is 17.6 Å². The van der Waals surface area contributed by atoms with Crippen LogP contribution in [0, 0.1) is 0 Å². The molecule has 0 bridgehead atoms. The van der Waals surface area contributed by atoms with Crippen molar-refractivity contribution < 1.29 is 14.4 Å². The summed E-state index contributed by atoms with van der Waals surface area (Å²) in [5.41, 5.74) is 3.25. The van der Waals surface area contributed by atoms with Crippen LogP contribution in [0.25, 0.3) is 11.4 Å².